The number of hydrogen-bond acceptors (Lipinski definition) is 5. The fourth-order valence-corrected chi connectivity index (χ4v) is 3.56. The minimum atomic E-state index is -0.393. The lowest BCUT2D eigenvalue weighted by Gasteiger charge is -2.16. The number of benzene rings is 1. The topological polar surface area (TPSA) is 83.6 Å². The van der Waals surface area contributed by atoms with Crippen molar-refractivity contribution in [1.29, 1.82) is 0 Å². The van der Waals surface area contributed by atoms with Crippen molar-refractivity contribution in [2.45, 2.75) is 19.5 Å². The summed E-state index contributed by atoms with van der Waals surface area (Å²) >= 11 is 0. The summed E-state index contributed by atoms with van der Waals surface area (Å²) in [6, 6.07) is 13.6. The molecule has 2 aromatic heterocycles. The van der Waals surface area contributed by atoms with E-state index in [1.807, 2.05) is 37.2 Å². The first-order valence-electron chi connectivity index (χ1n) is 9.88. The number of carbonyl (C=O) groups excluding carboxylic acids is 2. The molecule has 1 atom stereocenters. The Hall–Kier alpha value is -3.55. The third kappa shape index (κ3) is 4.37. The van der Waals surface area contributed by atoms with Gasteiger partial charge in [0.05, 0.1) is 31.5 Å². The number of rotatable bonds is 7. The molecule has 0 aliphatic carbocycles. The first kappa shape index (κ1) is 19.8. The van der Waals surface area contributed by atoms with Crippen LogP contribution in [0.25, 0.3) is 0 Å². The minimum absolute atomic E-state index is 0.0407. The molecular weight excluding hydrogens is 382 g/mol. The quantitative estimate of drug-likeness (QED) is 0.651. The minimum Gasteiger partial charge on any atom is -0.467 e. The Kier molecular flexibility index (Phi) is 5.56. The Morgan fingerprint density at radius 1 is 1.20 bits per heavy atom. The second kappa shape index (κ2) is 8.44. The largest absolute Gasteiger partial charge is 0.467 e. The molecule has 3 aromatic rings. The standard InChI is InChI=1S/C22H25N5O3/c1-25(2)18-7-5-16(6-8-18)13-27-20(9-10-23-27)24-22(29)17-12-21(28)26(14-17)15-19-4-3-11-30-19/h3-11,17H,12-15H2,1-2H3,(H,24,29). The molecule has 3 heterocycles. The van der Waals surface area contributed by atoms with Gasteiger partial charge in [-0.1, -0.05) is 12.1 Å². The normalized spacial score (nSPS) is 16.1. The van der Waals surface area contributed by atoms with Crippen LogP contribution in [0.15, 0.2) is 59.3 Å². The first-order valence-corrected chi connectivity index (χ1v) is 9.88. The van der Waals surface area contributed by atoms with Gasteiger partial charge in [0, 0.05) is 38.8 Å². The van der Waals surface area contributed by atoms with Gasteiger partial charge in [0.2, 0.25) is 11.8 Å². The molecule has 1 unspecified atom stereocenters. The van der Waals surface area contributed by atoms with Crippen LogP contribution in [0.3, 0.4) is 0 Å². The number of hydrogen-bond donors (Lipinski definition) is 1. The van der Waals surface area contributed by atoms with Crippen LogP contribution in [0.4, 0.5) is 11.5 Å². The Labute approximate surface area is 175 Å². The van der Waals surface area contributed by atoms with E-state index < -0.39 is 5.92 Å². The van der Waals surface area contributed by atoms with Gasteiger partial charge in [0.1, 0.15) is 11.6 Å². The molecule has 1 aromatic carbocycles. The van der Waals surface area contributed by atoms with E-state index in [0.717, 1.165) is 11.3 Å². The molecule has 0 saturated carbocycles. The van der Waals surface area contributed by atoms with Crippen LogP contribution in [0.2, 0.25) is 0 Å². The predicted molar refractivity (Wildman–Crippen MR) is 113 cm³/mol. The van der Waals surface area contributed by atoms with E-state index in [1.54, 1.807) is 34.2 Å². The second-order valence-electron chi connectivity index (χ2n) is 7.68. The molecule has 8 nitrogen and oxygen atoms in total. The summed E-state index contributed by atoms with van der Waals surface area (Å²) < 4.78 is 7.06. The predicted octanol–water partition coefficient (Wildman–Crippen LogP) is 2.58. The highest BCUT2D eigenvalue weighted by Crippen LogP contribution is 2.22. The third-order valence-corrected chi connectivity index (χ3v) is 5.26. The van der Waals surface area contributed by atoms with Crippen molar-refractivity contribution in [3.63, 3.8) is 0 Å². The van der Waals surface area contributed by atoms with E-state index >= 15 is 0 Å². The summed E-state index contributed by atoms with van der Waals surface area (Å²) in [6.45, 7) is 1.31. The molecule has 0 bridgehead atoms. The number of carbonyl (C=O) groups is 2. The fourth-order valence-electron chi connectivity index (χ4n) is 3.56. The molecule has 4 rings (SSSR count). The van der Waals surface area contributed by atoms with E-state index in [4.69, 9.17) is 4.42 Å². The lowest BCUT2D eigenvalue weighted by atomic mass is 10.1. The van der Waals surface area contributed by atoms with Crippen molar-refractivity contribution < 1.29 is 14.0 Å². The molecule has 1 aliphatic heterocycles. The van der Waals surface area contributed by atoms with Crippen LogP contribution in [0.1, 0.15) is 17.7 Å². The zero-order valence-corrected chi connectivity index (χ0v) is 17.1. The van der Waals surface area contributed by atoms with E-state index in [-0.39, 0.29) is 18.2 Å². The van der Waals surface area contributed by atoms with Crippen molar-refractivity contribution in [3.8, 4) is 0 Å². The van der Waals surface area contributed by atoms with Gasteiger partial charge in [0.25, 0.3) is 0 Å². The summed E-state index contributed by atoms with van der Waals surface area (Å²) in [5.41, 5.74) is 2.21. The van der Waals surface area contributed by atoms with Gasteiger partial charge in [-0.05, 0) is 29.8 Å². The summed E-state index contributed by atoms with van der Waals surface area (Å²) in [4.78, 5) is 28.8. The van der Waals surface area contributed by atoms with Gasteiger partial charge in [-0.25, -0.2) is 4.68 Å². The van der Waals surface area contributed by atoms with E-state index in [9.17, 15) is 9.59 Å². The van der Waals surface area contributed by atoms with Gasteiger partial charge < -0.3 is 19.5 Å². The summed E-state index contributed by atoms with van der Waals surface area (Å²) in [5.74, 6) is 0.725. The number of likely N-dealkylation sites (tertiary alicyclic amines) is 1. The molecule has 0 spiro atoms. The zero-order valence-electron chi connectivity index (χ0n) is 17.1. The molecule has 8 heteroatoms. The van der Waals surface area contributed by atoms with Crippen LogP contribution < -0.4 is 10.2 Å². The van der Waals surface area contributed by atoms with E-state index in [2.05, 4.69) is 22.5 Å². The molecule has 0 radical (unpaired) electrons. The summed E-state index contributed by atoms with van der Waals surface area (Å²) in [7, 11) is 4.00. The Bertz CT molecular complexity index is 1010. The van der Waals surface area contributed by atoms with Crippen LogP contribution in [0.5, 0.6) is 0 Å². The number of nitrogens with zero attached hydrogens (tertiary/aromatic N) is 4. The number of nitrogens with one attached hydrogen (secondary N) is 1. The van der Waals surface area contributed by atoms with Gasteiger partial charge in [-0.15, -0.1) is 0 Å². The number of anilines is 2. The summed E-state index contributed by atoms with van der Waals surface area (Å²) in [5, 5.41) is 7.26. The molecule has 1 N–H and O–H groups in total. The number of furan rings is 1. The van der Waals surface area contributed by atoms with Crippen molar-refractivity contribution >= 4 is 23.3 Å². The van der Waals surface area contributed by atoms with E-state index in [0.29, 0.717) is 31.2 Å². The lowest BCUT2D eigenvalue weighted by Crippen LogP contribution is -2.28. The monoisotopic (exact) mass is 407 g/mol. The highest BCUT2D eigenvalue weighted by Gasteiger charge is 2.35. The average Bonchev–Trinajstić information content (AvgIpc) is 3.46. The Balaban J connectivity index is 1.37. The van der Waals surface area contributed by atoms with Gasteiger partial charge in [0.15, 0.2) is 0 Å². The second-order valence-corrected chi connectivity index (χ2v) is 7.68. The first-order chi connectivity index (χ1) is 14.5. The highest BCUT2D eigenvalue weighted by atomic mass is 16.3. The summed E-state index contributed by atoms with van der Waals surface area (Å²) in [6.07, 6.45) is 3.44. The maximum Gasteiger partial charge on any atom is 0.230 e. The molecular formula is C22H25N5O3. The third-order valence-electron chi connectivity index (χ3n) is 5.26. The number of aromatic nitrogens is 2. The molecule has 1 fully saturated rings. The van der Waals surface area contributed by atoms with Crippen molar-refractivity contribution in [3.05, 3.63) is 66.2 Å². The van der Waals surface area contributed by atoms with Crippen molar-refractivity contribution in [2.75, 3.05) is 30.9 Å². The Morgan fingerprint density at radius 3 is 2.70 bits per heavy atom. The smallest absolute Gasteiger partial charge is 0.230 e. The molecule has 30 heavy (non-hydrogen) atoms. The SMILES string of the molecule is CN(C)c1ccc(Cn2nccc2NC(=O)C2CC(=O)N(Cc3ccco3)C2)cc1. The molecule has 156 valence electrons. The number of amides is 2. The Morgan fingerprint density at radius 2 is 2.00 bits per heavy atom. The van der Waals surface area contributed by atoms with Gasteiger partial charge >= 0.3 is 0 Å². The van der Waals surface area contributed by atoms with Crippen LogP contribution in [-0.2, 0) is 22.7 Å². The van der Waals surface area contributed by atoms with Crippen molar-refractivity contribution in [2.24, 2.45) is 5.92 Å². The van der Waals surface area contributed by atoms with Gasteiger partial charge in [-0.2, -0.15) is 5.10 Å². The fraction of sp³-hybridized carbons (Fsp3) is 0.318. The maximum atomic E-state index is 12.8. The zero-order chi connectivity index (χ0) is 21.1. The lowest BCUT2D eigenvalue weighted by molar-refractivity contribution is -0.128. The average molecular weight is 407 g/mol. The molecule has 1 aliphatic rings. The van der Waals surface area contributed by atoms with Crippen LogP contribution >= 0.6 is 0 Å². The van der Waals surface area contributed by atoms with Crippen molar-refractivity contribution in [1.82, 2.24) is 14.7 Å². The maximum absolute atomic E-state index is 12.8. The van der Waals surface area contributed by atoms with Gasteiger partial charge in [-0.3, -0.25) is 9.59 Å². The molecule has 1 saturated heterocycles. The molecule has 2 amide bonds. The van der Waals surface area contributed by atoms with E-state index in [1.165, 1.54) is 0 Å². The van der Waals surface area contributed by atoms with Crippen LogP contribution in [-0.4, -0.2) is 47.1 Å². The highest BCUT2D eigenvalue weighted by molar-refractivity contribution is 5.96. The van der Waals surface area contributed by atoms with Crippen LogP contribution in [0, 0.1) is 5.92 Å².